The van der Waals surface area contributed by atoms with E-state index in [0.717, 1.165) is 28.6 Å². The second kappa shape index (κ2) is 10.1. The molecule has 0 aliphatic carbocycles. The zero-order chi connectivity index (χ0) is 25.3. The number of nitrogens with zero attached hydrogens (tertiary/aromatic N) is 6. The number of nitriles is 1. The number of hydrogen-bond donors (Lipinski definition) is 3. The van der Waals surface area contributed by atoms with Crippen molar-refractivity contribution in [2.45, 2.75) is 34.8 Å². The summed E-state index contributed by atoms with van der Waals surface area (Å²) in [5.41, 5.74) is -1.32. The number of halogens is 3. The van der Waals surface area contributed by atoms with Gasteiger partial charge in [0, 0.05) is 11.6 Å². The molecular weight excluding hydrogens is 493 g/mol. The monoisotopic (exact) mass is 510 g/mol. The van der Waals surface area contributed by atoms with Gasteiger partial charge < -0.3 is 24.8 Å². The lowest BCUT2D eigenvalue weighted by molar-refractivity contribution is -0.178. The maximum Gasteiger partial charge on any atom is 0.204 e. The van der Waals surface area contributed by atoms with Gasteiger partial charge in [0.25, 0.3) is 0 Å². The lowest BCUT2D eigenvalue weighted by atomic mass is 9.97. The van der Waals surface area contributed by atoms with Crippen molar-refractivity contribution in [3.63, 3.8) is 0 Å². The number of thioether (sulfide) groups is 1. The average Bonchev–Trinajstić information content (AvgIpc) is 3.33. The summed E-state index contributed by atoms with van der Waals surface area (Å²) in [5.74, 6) is -4.33. The molecule has 1 aromatic carbocycles. The molecule has 0 amide bonds. The topological polar surface area (TPSA) is 159 Å². The Balaban J connectivity index is 1.63. The van der Waals surface area contributed by atoms with Crippen molar-refractivity contribution in [3.05, 3.63) is 47.5 Å². The van der Waals surface area contributed by atoms with E-state index in [1.165, 1.54) is 19.4 Å². The second-order valence-electron chi connectivity index (χ2n) is 7.36. The van der Waals surface area contributed by atoms with Crippen LogP contribution in [0.2, 0.25) is 0 Å². The molecule has 35 heavy (non-hydrogen) atoms. The molecule has 1 aliphatic rings. The standard InChI is InChI=1S/C20H17F3N6O5S/c1-33-13-4-15(27-25-11(13)5-24)35-20-19(32)17(18(31)14(7-30)34-20)29-6-12(26-28-29)8-2-9(21)16(23)10(22)3-8/h2-4,6,14,17-20,30-32H,7H2,1H3/t14-,17+,18+,19-,20-/m1/s1. The molecule has 11 nitrogen and oxygen atoms in total. The molecule has 0 unspecified atom stereocenters. The smallest absolute Gasteiger partial charge is 0.204 e. The largest absolute Gasteiger partial charge is 0.494 e. The van der Waals surface area contributed by atoms with Crippen LogP contribution in [0.1, 0.15) is 11.7 Å². The van der Waals surface area contributed by atoms with E-state index >= 15 is 0 Å². The molecule has 0 bridgehead atoms. The third-order valence-corrected chi connectivity index (χ3v) is 6.31. The normalized spacial score (nSPS) is 24.2. The highest BCUT2D eigenvalue weighted by Gasteiger charge is 2.46. The molecule has 4 rings (SSSR count). The highest BCUT2D eigenvalue weighted by atomic mass is 32.2. The van der Waals surface area contributed by atoms with Gasteiger partial charge in [-0.15, -0.1) is 15.3 Å². The summed E-state index contributed by atoms with van der Waals surface area (Å²) < 4.78 is 52.3. The van der Waals surface area contributed by atoms with Crippen molar-refractivity contribution in [2.75, 3.05) is 13.7 Å². The Bertz CT molecular complexity index is 1250. The quantitative estimate of drug-likeness (QED) is 0.403. The maximum absolute atomic E-state index is 13.6. The highest BCUT2D eigenvalue weighted by molar-refractivity contribution is 7.99. The highest BCUT2D eigenvalue weighted by Crippen LogP contribution is 2.38. The van der Waals surface area contributed by atoms with Gasteiger partial charge in [-0.2, -0.15) is 5.26 Å². The minimum atomic E-state index is -1.63. The van der Waals surface area contributed by atoms with Crippen LogP contribution in [0.5, 0.6) is 5.75 Å². The Labute approximate surface area is 199 Å². The van der Waals surface area contributed by atoms with Gasteiger partial charge in [0.1, 0.15) is 46.6 Å². The van der Waals surface area contributed by atoms with Crippen molar-refractivity contribution in [1.29, 1.82) is 5.26 Å². The number of ether oxygens (including phenoxy) is 2. The Kier molecular flexibility index (Phi) is 7.19. The number of hydrogen-bond acceptors (Lipinski definition) is 11. The first kappa shape index (κ1) is 24.8. The maximum atomic E-state index is 13.6. The van der Waals surface area contributed by atoms with E-state index in [-0.39, 0.29) is 27.7 Å². The molecule has 2 aromatic heterocycles. The summed E-state index contributed by atoms with van der Waals surface area (Å²) in [5, 5.41) is 55.9. The Morgan fingerprint density at radius 3 is 2.49 bits per heavy atom. The minimum Gasteiger partial charge on any atom is -0.494 e. The van der Waals surface area contributed by atoms with Gasteiger partial charge in [0.2, 0.25) is 5.69 Å². The second-order valence-corrected chi connectivity index (χ2v) is 8.48. The van der Waals surface area contributed by atoms with Gasteiger partial charge in [-0.05, 0) is 12.1 Å². The van der Waals surface area contributed by atoms with Gasteiger partial charge >= 0.3 is 0 Å². The van der Waals surface area contributed by atoms with Gasteiger partial charge in [-0.3, -0.25) is 0 Å². The summed E-state index contributed by atoms with van der Waals surface area (Å²) in [6.07, 6.45) is -2.85. The van der Waals surface area contributed by atoms with Crippen LogP contribution in [-0.4, -0.2) is 78.0 Å². The summed E-state index contributed by atoms with van der Waals surface area (Å²) in [7, 11) is 1.34. The van der Waals surface area contributed by atoms with Crippen LogP contribution < -0.4 is 4.74 Å². The summed E-state index contributed by atoms with van der Waals surface area (Å²) in [6.45, 7) is -0.611. The van der Waals surface area contributed by atoms with Crippen LogP contribution in [0.4, 0.5) is 13.2 Å². The predicted molar refractivity (Wildman–Crippen MR) is 111 cm³/mol. The molecular formula is C20H17F3N6O5S. The molecule has 15 heteroatoms. The SMILES string of the molecule is COc1cc(S[C@H]2O[C@H](CO)[C@H](O)[C@H](n3cc(-c4cc(F)c(F)c(F)c4)nn3)[C@H]2O)nnc1C#N. The number of methoxy groups -OCH3 is 1. The van der Waals surface area contributed by atoms with Crippen LogP contribution in [0, 0.1) is 28.8 Å². The van der Waals surface area contributed by atoms with E-state index in [4.69, 9.17) is 14.7 Å². The number of rotatable bonds is 6. The lowest BCUT2D eigenvalue weighted by Gasteiger charge is -2.41. The van der Waals surface area contributed by atoms with Gasteiger partial charge in [-0.1, -0.05) is 17.0 Å². The Hall–Kier alpha value is -3.29. The first-order chi connectivity index (χ1) is 16.8. The number of benzene rings is 1. The summed E-state index contributed by atoms with van der Waals surface area (Å²) in [4.78, 5) is 0. The Morgan fingerprint density at radius 1 is 1.14 bits per heavy atom. The van der Waals surface area contributed by atoms with Crippen molar-refractivity contribution in [1.82, 2.24) is 25.2 Å². The van der Waals surface area contributed by atoms with E-state index in [1.807, 2.05) is 6.07 Å². The number of aromatic nitrogens is 5. The van der Waals surface area contributed by atoms with Gasteiger partial charge in [-0.25, -0.2) is 17.9 Å². The summed E-state index contributed by atoms with van der Waals surface area (Å²) >= 11 is 0.890. The molecule has 0 saturated carbocycles. The van der Waals surface area contributed by atoms with Crippen molar-refractivity contribution in [3.8, 4) is 23.1 Å². The fourth-order valence-corrected chi connectivity index (χ4v) is 4.50. The lowest BCUT2D eigenvalue weighted by Crippen LogP contribution is -2.55. The average molecular weight is 510 g/mol. The fraction of sp³-hybridized carbons (Fsp3) is 0.350. The molecule has 0 spiro atoms. The van der Waals surface area contributed by atoms with Crippen LogP contribution in [0.25, 0.3) is 11.3 Å². The van der Waals surface area contributed by atoms with Crippen LogP contribution in [-0.2, 0) is 4.74 Å². The van der Waals surface area contributed by atoms with Crippen molar-refractivity contribution < 1.29 is 38.0 Å². The third-order valence-electron chi connectivity index (χ3n) is 5.24. The summed E-state index contributed by atoms with van der Waals surface area (Å²) in [6, 6.07) is 3.49. The number of aliphatic hydroxyl groups is 3. The van der Waals surface area contributed by atoms with Gasteiger partial charge in [0.15, 0.2) is 23.2 Å². The first-order valence-electron chi connectivity index (χ1n) is 9.95. The van der Waals surface area contributed by atoms with Crippen molar-refractivity contribution >= 4 is 11.8 Å². The van der Waals surface area contributed by atoms with E-state index in [1.54, 1.807) is 0 Å². The molecule has 3 aromatic rings. The van der Waals surface area contributed by atoms with Crippen molar-refractivity contribution in [2.24, 2.45) is 0 Å². The molecule has 3 N–H and O–H groups in total. The van der Waals surface area contributed by atoms with E-state index in [9.17, 15) is 28.5 Å². The fourth-order valence-electron chi connectivity index (χ4n) is 3.50. The zero-order valence-corrected chi connectivity index (χ0v) is 18.6. The zero-order valence-electron chi connectivity index (χ0n) is 17.8. The molecule has 5 atom stereocenters. The molecule has 0 radical (unpaired) electrons. The predicted octanol–water partition coefficient (Wildman–Crippen LogP) is 0.805. The molecule has 184 valence electrons. The van der Waals surface area contributed by atoms with Gasteiger partial charge in [0.05, 0.1) is 19.9 Å². The number of aliphatic hydroxyl groups excluding tert-OH is 3. The minimum absolute atomic E-state index is 0.0488. The van der Waals surface area contributed by atoms with Crippen LogP contribution >= 0.6 is 11.8 Å². The molecule has 1 saturated heterocycles. The van der Waals surface area contributed by atoms with E-state index in [0.29, 0.717) is 0 Å². The van der Waals surface area contributed by atoms with Crippen LogP contribution in [0.15, 0.2) is 29.4 Å². The molecule has 3 heterocycles. The Morgan fingerprint density at radius 2 is 1.86 bits per heavy atom. The third kappa shape index (κ3) is 4.79. The molecule has 1 aliphatic heterocycles. The van der Waals surface area contributed by atoms with E-state index < -0.39 is 53.8 Å². The van der Waals surface area contributed by atoms with Crippen LogP contribution in [0.3, 0.4) is 0 Å². The van der Waals surface area contributed by atoms with E-state index in [2.05, 4.69) is 20.5 Å². The first-order valence-corrected chi connectivity index (χ1v) is 10.8. The molecule has 1 fully saturated rings.